The Labute approximate surface area is 219 Å². The topological polar surface area (TPSA) is 9.23 Å². The summed E-state index contributed by atoms with van der Waals surface area (Å²) in [5.74, 6) is 0.930. The zero-order valence-electron chi connectivity index (χ0n) is 21.7. The minimum Gasteiger partial charge on any atom is -0.334 e. The maximum absolute atomic E-state index is 7.12. The van der Waals surface area contributed by atoms with Crippen LogP contribution in [0.5, 0.6) is 5.75 Å². The third kappa shape index (κ3) is 6.86. The van der Waals surface area contributed by atoms with Crippen LogP contribution in [0.2, 0.25) is 0 Å². The predicted molar refractivity (Wildman–Crippen MR) is 159 cm³/mol. The van der Waals surface area contributed by atoms with Crippen LogP contribution in [0, 0.1) is 0 Å². The molecule has 186 valence electrons. The van der Waals surface area contributed by atoms with Gasteiger partial charge in [0.05, 0.1) is 0 Å². The fourth-order valence-corrected chi connectivity index (χ4v) is 8.28. The Morgan fingerprint density at radius 2 is 0.889 bits per heavy atom. The van der Waals surface area contributed by atoms with Crippen molar-refractivity contribution >= 4 is 23.4 Å². The molecule has 0 aliphatic carbocycles. The average Bonchev–Trinajstić information content (AvgIpc) is 2.95. The molecule has 0 aliphatic heterocycles. The van der Waals surface area contributed by atoms with Crippen molar-refractivity contribution in [2.24, 2.45) is 0 Å². The molecule has 0 atom stereocenters. The molecule has 0 amide bonds. The van der Waals surface area contributed by atoms with Crippen LogP contribution in [0.1, 0.15) is 63.9 Å². The van der Waals surface area contributed by atoms with Gasteiger partial charge in [-0.3, -0.25) is 0 Å². The molecular formula is C34H40OP+. The predicted octanol–water partition coefficient (Wildman–Crippen LogP) is 8.66. The molecule has 4 rings (SSSR count). The minimum absolute atomic E-state index is 0.930. The van der Waals surface area contributed by atoms with Gasteiger partial charge in [-0.25, -0.2) is 0 Å². The molecule has 0 spiro atoms. The summed E-state index contributed by atoms with van der Waals surface area (Å²) in [5, 5.41) is 3.68. The maximum Gasteiger partial charge on any atom is 0.287 e. The van der Waals surface area contributed by atoms with Crippen LogP contribution in [-0.2, 0) is 6.42 Å². The SMILES string of the molecule is CCCCCCCCCCc1ccc(O[P+](c2ccccc2)(c2ccccc2)c2ccccc2)cc1. The van der Waals surface area contributed by atoms with E-state index in [1.54, 1.807) is 0 Å². The first-order valence-corrected chi connectivity index (χ1v) is 15.4. The quantitative estimate of drug-likeness (QED) is 0.126. The van der Waals surface area contributed by atoms with Crippen molar-refractivity contribution in [1.29, 1.82) is 0 Å². The third-order valence-corrected chi connectivity index (χ3v) is 10.4. The van der Waals surface area contributed by atoms with Crippen LogP contribution in [0.3, 0.4) is 0 Å². The van der Waals surface area contributed by atoms with Gasteiger partial charge in [-0.2, -0.15) is 0 Å². The van der Waals surface area contributed by atoms with Crippen molar-refractivity contribution in [2.45, 2.75) is 64.7 Å². The summed E-state index contributed by atoms with van der Waals surface area (Å²) in [5.41, 5.74) is 1.40. The summed E-state index contributed by atoms with van der Waals surface area (Å²) < 4.78 is 7.12. The van der Waals surface area contributed by atoms with Crippen molar-refractivity contribution in [3.63, 3.8) is 0 Å². The number of hydrogen-bond donors (Lipinski definition) is 0. The zero-order valence-corrected chi connectivity index (χ0v) is 22.6. The maximum atomic E-state index is 7.12. The highest BCUT2D eigenvalue weighted by Gasteiger charge is 2.49. The van der Waals surface area contributed by atoms with Gasteiger partial charge in [0.1, 0.15) is 15.9 Å². The molecule has 0 N–H and O–H groups in total. The standard InChI is InChI=1S/C34H40OP/c1-2-3-4-5-6-7-8-12-19-30-26-28-31(29-27-30)35-36(32-20-13-9-14-21-32,33-22-15-10-16-23-33)34-24-17-11-18-25-34/h9-11,13-18,20-29H,2-8,12,19H2,1H3/q+1. The van der Waals surface area contributed by atoms with Crippen LogP contribution in [0.4, 0.5) is 0 Å². The molecule has 1 nitrogen and oxygen atoms in total. The van der Waals surface area contributed by atoms with Crippen LogP contribution in [0.15, 0.2) is 115 Å². The molecule has 0 saturated heterocycles. The zero-order chi connectivity index (χ0) is 24.9. The van der Waals surface area contributed by atoms with Gasteiger partial charge in [-0.05, 0) is 66.9 Å². The van der Waals surface area contributed by atoms with Crippen molar-refractivity contribution in [3.8, 4) is 5.75 Å². The summed E-state index contributed by atoms with van der Waals surface area (Å²) in [6, 6.07) is 41.1. The van der Waals surface area contributed by atoms with Crippen LogP contribution in [-0.4, -0.2) is 0 Å². The third-order valence-electron chi connectivity index (χ3n) is 6.84. The Morgan fingerprint density at radius 3 is 1.33 bits per heavy atom. The largest absolute Gasteiger partial charge is 0.334 e. The van der Waals surface area contributed by atoms with E-state index in [2.05, 4.69) is 122 Å². The lowest BCUT2D eigenvalue weighted by molar-refractivity contribution is 0.575. The summed E-state index contributed by atoms with van der Waals surface area (Å²) in [7, 11) is -2.33. The van der Waals surface area contributed by atoms with Gasteiger partial charge in [0.2, 0.25) is 0 Å². The fourth-order valence-electron chi connectivity index (χ4n) is 4.86. The smallest absolute Gasteiger partial charge is 0.287 e. The fraction of sp³-hybridized carbons (Fsp3) is 0.294. The molecule has 2 heteroatoms. The van der Waals surface area contributed by atoms with Crippen LogP contribution >= 0.6 is 7.49 Å². The van der Waals surface area contributed by atoms with E-state index in [1.165, 1.54) is 72.8 Å². The van der Waals surface area contributed by atoms with E-state index in [0.29, 0.717) is 0 Å². The minimum atomic E-state index is -2.33. The molecular weight excluding hydrogens is 455 g/mol. The van der Waals surface area contributed by atoms with E-state index in [9.17, 15) is 0 Å². The van der Waals surface area contributed by atoms with Crippen molar-refractivity contribution < 1.29 is 4.52 Å². The molecule has 0 aliphatic rings. The van der Waals surface area contributed by atoms with E-state index in [1.807, 2.05) is 0 Å². The van der Waals surface area contributed by atoms with Crippen molar-refractivity contribution in [3.05, 3.63) is 121 Å². The Balaban J connectivity index is 1.52. The Morgan fingerprint density at radius 1 is 0.472 bits per heavy atom. The van der Waals surface area contributed by atoms with Crippen LogP contribution < -0.4 is 20.4 Å². The lowest BCUT2D eigenvalue weighted by Gasteiger charge is -2.26. The summed E-state index contributed by atoms with van der Waals surface area (Å²) >= 11 is 0. The number of benzene rings is 4. The Kier molecular flexibility index (Phi) is 10.2. The molecule has 36 heavy (non-hydrogen) atoms. The molecule has 4 aromatic rings. The van der Waals surface area contributed by atoms with Gasteiger partial charge in [0.15, 0.2) is 5.75 Å². The number of unbranched alkanes of at least 4 members (excludes halogenated alkanes) is 7. The van der Waals surface area contributed by atoms with Crippen LogP contribution in [0.25, 0.3) is 0 Å². The first-order chi connectivity index (χ1) is 17.8. The molecule has 0 bridgehead atoms. The lowest BCUT2D eigenvalue weighted by atomic mass is 10.0. The first-order valence-electron chi connectivity index (χ1n) is 13.7. The molecule has 0 heterocycles. The van der Waals surface area contributed by atoms with Gasteiger partial charge in [-0.15, -0.1) is 0 Å². The van der Waals surface area contributed by atoms with E-state index in [-0.39, 0.29) is 0 Å². The average molecular weight is 496 g/mol. The number of hydrogen-bond acceptors (Lipinski definition) is 1. The summed E-state index contributed by atoms with van der Waals surface area (Å²) in [6.07, 6.45) is 12.0. The van der Waals surface area contributed by atoms with E-state index >= 15 is 0 Å². The number of rotatable bonds is 14. The van der Waals surface area contributed by atoms with Gasteiger partial charge < -0.3 is 4.52 Å². The molecule has 0 aromatic heterocycles. The van der Waals surface area contributed by atoms with E-state index < -0.39 is 7.49 Å². The highest BCUT2D eigenvalue weighted by Crippen LogP contribution is 2.56. The van der Waals surface area contributed by atoms with Gasteiger partial charge in [0, 0.05) is 0 Å². The Hall–Kier alpha value is -2.89. The monoisotopic (exact) mass is 495 g/mol. The molecule has 0 fully saturated rings. The van der Waals surface area contributed by atoms with E-state index in [4.69, 9.17) is 4.52 Å². The Bertz CT molecular complexity index is 1030. The van der Waals surface area contributed by atoms with Crippen molar-refractivity contribution in [1.82, 2.24) is 0 Å². The van der Waals surface area contributed by atoms with Gasteiger partial charge in [-0.1, -0.05) is 119 Å². The molecule has 0 unspecified atom stereocenters. The van der Waals surface area contributed by atoms with Crippen molar-refractivity contribution in [2.75, 3.05) is 0 Å². The number of aryl methyl sites for hydroxylation is 1. The summed E-state index contributed by atoms with van der Waals surface area (Å²) in [4.78, 5) is 0. The van der Waals surface area contributed by atoms with Gasteiger partial charge in [0.25, 0.3) is 7.49 Å². The lowest BCUT2D eigenvalue weighted by Crippen LogP contribution is -2.34. The highest BCUT2D eigenvalue weighted by atomic mass is 31.2. The second kappa shape index (κ2) is 14.0. The van der Waals surface area contributed by atoms with Gasteiger partial charge >= 0.3 is 0 Å². The molecule has 4 aromatic carbocycles. The second-order valence-electron chi connectivity index (χ2n) is 9.58. The molecule has 0 saturated carbocycles. The first kappa shape index (κ1) is 26.2. The second-order valence-corrected chi connectivity index (χ2v) is 12.5. The normalized spacial score (nSPS) is 11.4. The van der Waals surface area contributed by atoms with E-state index in [0.717, 1.165) is 12.2 Å². The summed E-state index contributed by atoms with van der Waals surface area (Å²) in [6.45, 7) is 2.28. The highest BCUT2D eigenvalue weighted by molar-refractivity contribution is 7.92. The molecule has 0 radical (unpaired) electrons.